The summed E-state index contributed by atoms with van der Waals surface area (Å²) in [5, 5.41) is 9.18. The molecule has 2 heterocycles. The second-order valence-electron chi connectivity index (χ2n) is 11.6. The number of anilines is 1. The van der Waals surface area contributed by atoms with Crippen molar-refractivity contribution < 1.29 is 37.4 Å². The van der Waals surface area contributed by atoms with Crippen LogP contribution >= 0.6 is 0 Å². The Hall–Kier alpha value is -3.76. The van der Waals surface area contributed by atoms with E-state index in [0.717, 1.165) is 24.9 Å². The summed E-state index contributed by atoms with van der Waals surface area (Å²) in [4.78, 5) is 44.1. The quantitative estimate of drug-likeness (QED) is 0.363. The van der Waals surface area contributed by atoms with Gasteiger partial charge < -0.3 is 19.6 Å². The molecule has 8 nitrogen and oxygen atoms in total. The first-order chi connectivity index (χ1) is 20.0. The Bertz CT molecular complexity index is 1290. The summed E-state index contributed by atoms with van der Waals surface area (Å²) in [6.07, 6.45) is 2.41. The standard InChI is InChI=1S/C31H36F3N3O5/c32-31(33,34)42-26-11-9-23(10-12-26)21-37-29(41)36(16-13-22-5-2-1-3-6-22)28(40)30(37)14-17-35(18-15-30)25-8-4-7-24(19-25)20-27(38)39/h4,7-12,19,22H,1-3,5-6,13-18,20-21H2,(H,38,39). The van der Waals surface area contributed by atoms with Crippen LogP contribution in [0.25, 0.3) is 0 Å². The van der Waals surface area contributed by atoms with Gasteiger partial charge in [-0.1, -0.05) is 56.4 Å². The molecule has 0 unspecified atom stereocenters. The van der Waals surface area contributed by atoms with E-state index in [9.17, 15) is 32.7 Å². The molecule has 11 heteroatoms. The highest BCUT2D eigenvalue weighted by atomic mass is 19.4. The average molecular weight is 588 g/mol. The molecular formula is C31H36F3N3O5. The highest BCUT2D eigenvalue weighted by molar-refractivity contribution is 6.07. The molecule has 2 saturated heterocycles. The van der Waals surface area contributed by atoms with E-state index in [1.165, 1.54) is 48.4 Å². The van der Waals surface area contributed by atoms with E-state index < -0.39 is 17.9 Å². The van der Waals surface area contributed by atoms with Crippen molar-refractivity contribution in [1.29, 1.82) is 0 Å². The van der Waals surface area contributed by atoms with Gasteiger partial charge in [-0.2, -0.15) is 0 Å². The van der Waals surface area contributed by atoms with Crippen LogP contribution in [0.4, 0.5) is 23.7 Å². The summed E-state index contributed by atoms with van der Waals surface area (Å²) in [5.41, 5.74) is 1.09. The molecule has 42 heavy (non-hydrogen) atoms. The number of carbonyl (C=O) groups is 3. The number of urea groups is 1. The molecule has 3 fully saturated rings. The average Bonchev–Trinajstić information content (AvgIpc) is 3.13. The molecule has 2 aromatic carbocycles. The zero-order chi connectivity index (χ0) is 29.9. The molecule has 0 radical (unpaired) electrons. The van der Waals surface area contributed by atoms with Gasteiger partial charge in [0.05, 0.1) is 6.42 Å². The molecule has 1 spiro atoms. The summed E-state index contributed by atoms with van der Waals surface area (Å²) in [7, 11) is 0. The molecular weight excluding hydrogens is 551 g/mol. The first-order valence-electron chi connectivity index (χ1n) is 14.6. The van der Waals surface area contributed by atoms with Crippen LogP contribution in [0.2, 0.25) is 0 Å². The third-order valence-electron chi connectivity index (χ3n) is 8.83. The molecule has 2 aromatic rings. The number of carboxylic acids is 1. The fourth-order valence-corrected chi connectivity index (χ4v) is 6.62. The van der Waals surface area contributed by atoms with Gasteiger partial charge in [0.15, 0.2) is 0 Å². The van der Waals surface area contributed by atoms with Gasteiger partial charge in [-0.25, -0.2) is 4.79 Å². The van der Waals surface area contributed by atoms with E-state index in [4.69, 9.17) is 0 Å². The van der Waals surface area contributed by atoms with Crippen molar-refractivity contribution in [2.75, 3.05) is 24.5 Å². The number of nitrogens with zero attached hydrogens (tertiary/aromatic N) is 3. The maximum atomic E-state index is 14.0. The van der Waals surface area contributed by atoms with Gasteiger partial charge in [-0.15, -0.1) is 13.2 Å². The maximum absolute atomic E-state index is 14.0. The summed E-state index contributed by atoms with van der Waals surface area (Å²) < 4.78 is 41.9. The molecule has 1 saturated carbocycles. The summed E-state index contributed by atoms with van der Waals surface area (Å²) in [6.45, 7) is 1.42. The lowest BCUT2D eigenvalue weighted by molar-refractivity contribution is -0.274. The van der Waals surface area contributed by atoms with Crippen LogP contribution in [0.1, 0.15) is 62.5 Å². The zero-order valence-corrected chi connectivity index (χ0v) is 23.4. The number of halogens is 3. The van der Waals surface area contributed by atoms with Crippen molar-refractivity contribution in [2.24, 2.45) is 5.92 Å². The lowest BCUT2D eigenvalue weighted by Crippen LogP contribution is -2.56. The third kappa shape index (κ3) is 6.65. The minimum Gasteiger partial charge on any atom is -0.481 e. The van der Waals surface area contributed by atoms with Crippen molar-refractivity contribution in [3.8, 4) is 5.75 Å². The zero-order valence-electron chi connectivity index (χ0n) is 23.4. The Kier molecular flexibility index (Phi) is 8.65. The molecule has 3 amide bonds. The highest BCUT2D eigenvalue weighted by Gasteiger charge is 2.57. The van der Waals surface area contributed by atoms with Crippen molar-refractivity contribution >= 4 is 23.6 Å². The normalized spacial score (nSPS) is 19.5. The minimum atomic E-state index is -4.80. The van der Waals surface area contributed by atoms with Crippen molar-refractivity contribution in [1.82, 2.24) is 9.80 Å². The molecule has 5 rings (SSSR count). The van der Waals surface area contributed by atoms with Crippen molar-refractivity contribution in [2.45, 2.75) is 76.2 Å². The molecule has 0 aromatic heterocycles. The Morgan fingerprint density at radius 2 is 1.67 bits per heavy atom. The number of hydrogen-bond acceptors (Lipinski definition) is 5. The van der Waals surface area contributed by atoms with E-state index in [0.29, 0.717) is 49.5 Å². The van der Waals surface area contributed by atoms with Crippen LogP contribution in [0.5, 0.6) is 5.75 Å². The number of rotatable bonds is 9. The van der Waals surface area contributed by atoms with Gasteiger partial charge in [0.1, 0.15) is 11.3 Å². The van der Waals surface area contributed by atoms with Crippen molar-refractivity contribution in [3.63, 3.8) is 0 Å². The highest BCUT2D eigenvalue weighted by Crippen LogP contribution is 2.40. The van der Waals surface area contributed by atoms with E-state index in [-0.39, 0.29) is 30.7 Å². The van der Waals surface area contributed by atoms with Crippen LogP contribution in [0, 0.1) is 5.92 Å². The van der Waals surface area contributed by atoms with Crippen LogP contribution in [-0.4, -0.2) is 64.3 Å². The van der Waals surface area contributed by atoms with Gasteiger partial charge in [0, 0.05) is 31.9 Å². The molecule has 2 aliphatic heterocycles. The maximum Gasteiger partial charge on any atom is 0.573 e. The predicted molar refractivity (Wildman–Crippen MR) is 149 cm³/mol. The van der Waals surface area contributed by atoms with E-state index in [1.807, 2.05) is 18.2 Å². The predicted octanol–water partition coefficient (Wildman–Crippen LogP) is 5.99. The van der Waals surface area contributed by atoms with E-state index in [2.05, 4.69) is 9.64 Å². The Morgan fingerprint density at radius 3 is 2.31 bits per heavy atom. The Balaban J connectivity index is 1.35. The van der Waals surface area contributed by atoms with Gasteiger partial charge >= 0.3 is 18.4 Å². The largest absolute Gasteiger partial charge is 0.573 e. The first-order valence-corrected chi connectivity index (χ1v) is 14.6. The van der Waals surface area contributed by atoms with Gasteiger partial charge in [-0.05, 0) is 60.6 Å². The minimum absolute atomic E-state index is 0.0882. The Labute approximate surface area is 243 Å². The number of carboxylic acid groups (broad SMARTS) is 1. The number of carbonyl (C=O) groups excluding carboxylic acids is 2. The smallest absolute Gasteiger partial charge is 0.481 e. The number of hydrogen-bond donors (Lipinski definition) is 1. The lowest BCUT2D eigenvalue weighted by atomic mass is 9.84. The Morgan fingerprint density at radius 1 is 0.976 bits per heavy atom. The number of alkyl halides is 3. The molecule has 0 bridgehead atoms. The van der Waals surface area contributed by atoms with Gasteiger partial charge in [0.25, 0.3) is 5.91 Å². The summed E-state index contributed by atoms with van der Waals surface area (Å²) in [6, 6.07) is 12.4. The number of ether oxygens (including phenoxy) is 1. The van der Waals surface area contributed by atoms with Crippen LogP contribution in [0.15, 0.2) is 48.5 Å². The van der Waals surface area contributed by atoms with Crippen molar-refractivity contribution in [3.05, 3.63) is 59.7 Å². The summed E-state index contributed by atoms with van der Waals surface area (Å²) in [5.74, 6) is -0.982. The second kappa shape index (κ2) is 12.2. The number of benzene rings is 2. The number of imide groups is 1. The molecule has 226 valence electrons. The molecule has 0 atom stereocenters. The number of piperidine rings is 1. The SMILES string of the molecule is O=C(O)Cc1cccc(N2CCC3(CC2)C(=O)N(CCC2CCCCC2)C(=O)N3Cc2ccc(OC(F)(F)F)cc2)c1. The van der Waals surface area contributed by atoms with Crippen LogP contribution in [-0.2, 0) is 22.6 Å². The molecule has 3 aliphatic rings. The first kappa shape index (κ1) is 29.7. The van der Waals surface area contributed by atoms with Gasteiger partial charge in [-0.3, -0.25) is 14.5 Å². The molecule has 1 aliphatic carbocycles. The van der Waals surface area contributed by atoms with Crippen LogP contribution in [0.3, 0.4) is 0 Å². The fraction of sp³-hybridized carbons (Fsp3) is 0.516. The second-order valence-corrected chi connectivity index (χ2v) is 11.6. The third-order valence-corrected chi connectivity index (χ3v) is 8.83. The fourth-order valence-electron chi connectivity index (χ4n) is 6.62. The van der Waals surface area contributed by atoms with Gasteiger partial charge in [0.2, 0.25) is 0 Å². The number of aliphatic carboxylic acids is 1. The summed E-state index contributed by atoms with van der Waals surface area (Å²) >= 11 is 0. The number of amides is 3. The lowest BCUT2D eigenvalue weighted by Gasteiger charge is -2.43. The monoisotopic (exact) mass is 587 g/mol. The van der Waals surface area contributed by atoms with E-state index >= 15 is 0 Å². The van der Waals surface area contributed by atoms with Crippen LogP contribution < -0.4 is 9.64 Å². The topological polar surface area (TPSA) is 90.4 Å². The molecule has 1 N–H and O–H groups in total. The van der Waals surface area contributed by atoms with E-state index in [1.54, 1.807) is 11.0 Å².